The Labute approximate surface area is 105 Å². The third-order valence-corrected chi connectivity index (χ3v) is 3.48. The topological polar surface area (TPSA) is 47.0 Å². The molecule has 90 valence electrons. The minimum atomic E-state index is 0.614. The summed E-state index contributed by atoms with van der Waals surface area (Å²) in [5, 5.41) is 4.40. The van der Waals surface area contributed by atoms with Crippen molar-refractivity contribution in [1.82, 2.24) is 9.97 Å². The van der Waals surface area contributed by atoms with E-state index in [2.05, 4.69) is 22.2 Å². The fraction of sp³-hybridized carbons (Fsp3) is 0.333. The predicted octanol–water partition coefficient (Wildman–Crippen LogP) is 2.72. The number of aromatic nitrogens is 2. The van der Waals surface area contributed by atoms with E-state index < -0.39 is 0 Å². The molecule has 0 amide bonds. The summed E-state index contributed by atoms with van der Waals surface area (Å²) in [6, 6.07) is 3.78. The number of methoxy groups -OCH3 is 1. The highest BCUT2D eigenvalue weighted by Crippen LogP contribution is 2.17. The average molecular weight is 249 g/mol. The highest BCUT2D eigenvalue weighted by molar-refractivity contribution is 7.11. The second-order valence-electron chi connectivity index (χ2n) is 3.51. The molecular weight excluding hydrogens is 234 g/mol. The molecule has 0 aromatic carbocycles. The Bertz CT molecular complexity index is 484. The molecule has 2 aromatic rings. The summed E-state index contributed by atoms with van der Waals surface area (Å²) in [7, 11) is 1.61. The molecule has 2 heterocycles. The van der Waals surface area contributed by atoms with Crippen molar-refractivity contribution < 1.29 is 4.74 Å². The van der Waals surface area contributed by atoms with E-state index in [0.29, 0.717) is 5.88 Å². The first-order valence-electron chi connectivity index (χ1n) is 5.49. The van der Waals surface area contributed by atoms with E-state index in [9.17, 15) is 0 Å². The van der Waals surface area contributed by atoms with Gasteiger partial charge in [-0.2, -0.15) is 0 Å². The zero-order valence-corrected chi connectivity index (χ0v) is 10.8. The minimum absolute atomic E-state index is 0.614. The zero-order valence-electron chi connectivity index (χ0n) is 9.93. The second kappa shape index (κ2) is 5.63. The Kier molecular flexibility index (Phi) is 3.93. The van der Waals surface area contributed by atoms with Crippen molar-refractivity contribution >= 4 is 17.0 Å². The van der Waals surface area contributed by atoms with Crippen LogP contribution in [-0.2, 0) is 13.0 Å². The summed E-state index contributed by atoms with van der Waals surface area (Å²) in [6.07, 6.45) is 4.70. The van der Waals surface area contributed by atoms with Gasteiger partial charge < -0.3 is 10.1 Å². The molecule has 0 aliphatic rings. The van der Waals surface area contributed by atoms with Crippen molar-refractivity contribution in [3.63, 3.8) is 0 Å². The van der Waals surface area contributed by atoms with Gasteiger partial charge in [0.05, 0.1) is 13.7 Å². The smallest absolute Gasteiger partial charge is 0.214 e. The lowest BCUT2D eigenvalue weighted by Gasteiger charge is -2.05. The van der Waals surface area contributed by atoms with Crippen molar-refractivity contribution in [2.45, 2.75) is 19.9 Å². The summed E-state index contributed by atoms with van der Waals surface area (Å²) in [5.41, 5.74) is 0.991. The number of hydrogen-bond acceptors (Lipinski definition) is 5. The molecule has 0 saturated carbocycles. The van der Waals surface area contributed by atoms with Crippen molar-refractivity contribution in [3.05, 3.63) is 34.4 Å². The van der Waals surface area contributed by atoms with Crippen molar-refractivity contribution in [3.8, 4) is 5.88 Å². The maximum atomic E-state index is 5.06. The van der Waals surface area contributed by atoms with Gasteiger partial charge in [-0.25, -0.2) is 9.97 Å². The average Bonchev–Trinajstić information content (AvgIpc) is 2.84. The lowest BCUT2D eigenvalue weighted by Crippen LogP contribution is -1.99. The predicted molar refractivity (Wildman–Crippen MR) is 69.6 cm³/mol. The molecular formula is C12H15N3OS. The second-order valence-corrected chi connectivity index (χ2v) is 4.71. The van der Waals surface area contributed by atoms with Crippen LogP contribution in [0.1, 0.15) is 16.8 Å². The van der Waals surface area contributed by atoms with Crippen LogP contribution in [0.25, 0.3) is 0 Å². The molecule has 17 heavy (non-hydrogen) atoms. The van der Waals surface area contributed by atoms with Crippen molar-refractivity contribution in [2.24, 2.45) is 0 Å². The van der Waals surface area contributed by atoms with Crippen LogP contribution in [0, 0.1) is 0 Å². The van der Waals surface area contributed by atoms with Crippen LogP contribution in [0.3, 0.4) is 0 Å². The van der Waals surface area contributed by atoms with Gasteiger partial charge in [-0.3, -0.25) is 0 Å². The Morgan fingerprint density at radius 1 is 1.41 bits per heavy atom. The van der Waals surface area contributed by atoms with Crippen LogP contribution in [-0.4, -0.2) is 17.1 Å². The first-order valence-corrected chi connectivity index (χ1v) is 6.31. The van der Waals surface area contributed by atoms with Crippen LogP contribution < -0.4 is 10.1 Å². The van der Waals surface area contributed by atoms with Gasteiger partial charge in [-0.1, -0.05) is 6.92 Å². The van der Waals surface area contributed by atoms with E-state index in [-0.39, 0.29) is 0 Å². The molecule has 0 saturated heterocycles. The van der Waals surface area contributed by atoms with Gasteiger partial charge in [0.25, 0.3) is 0 Å². The van der Waals surface area contributed by atoms with Gasteiger partial charge in [-0.05, 0) is 12.5 Å². The number of rotatable bonds is 5. The molecule has 0 aliphatic heterocycles. The van der Waals surface area contributed by atoms with E-state index in [1.165, 1.54) is 4.88 Å². The molecule has 0 atom stereocenters. The van der Waals surface area contributed by atoms with E-state index in [4.69, 9.17) is 4.74 Å². The number of anilines is 1. The number of thiazole rings is 1. The largest absolute Gasteiger partial charge is 0.481 e. The normalized spacial score (nSPS) is 10.2. The highest BCUT2D eigenvalue weighted by atomic mass is 32.1. The van der Waals surface area contributed by atoms with Gasteiger partial charge in [0.15, 0.2) is 0 Å². The van der Waals surface area contributed by atoms with Crippen molar-refractivity contribution in [1.29, 1.82) is 0 Å². The third-order valence-electron chi connectivity index (χ3n) is 2.34. The highest BCUT2D eigenvalue weighted by Gasteiger charge is 2.01. The maximum Gasteiger partial charge on any atom is 0.214 e. The van der Waals surface area contributed by atoms with Crippen LogP contribution in [0.4, 0.5) is 5.69 Å². The quantitative estimate of drug-likeness (QED) is 0.885. The fourth-order valence-corrected chi connectivity index (χ4v) is 2.20. The van der Waals surface area contributed by atoms with Gasteiger partial charge >= 0.3 is 0 Å². The molecule has 0 bridgehead atoms. The summed E-state index contributed by atoms with van der Waals surface area (Å²) >= 11 is 1.74. The summed E-state index contributed by atoms with van der Waals surface area (Å²) in [4.78, 5) is 9.72. The molecule has 5 heteroatoms. The number of hydrogen-bond donors (Lipinski definition) is 1. The number of pyridine rings is 1. The number of nitrogens with one attached hydrogen (secondary N) is 1. The molecule has 2 rings (SSSR count). The lowest BCUT2D eigenvalue weighted by molar-refractivity contribution is 0.398. The van der Waals surface area contributed by atoms with E-state index >= 15 is 0 Å². The summed E-state index contributed by atoms with van der Waals surface area (Å²) < 4.78 is 5.06. The number of ether oxygens (including phenoxy) is 1. The lowest BCUT2D eigenvalue weighted by atomic mass is 10.4. The molecule has 1 N–H and O–H groups in total. The molecule has 0 unspecified atom stereocenters. The van der Waals surface area contributed by atoms with Gasteiger partial charge in [0.2, 0.25) is 5.88 Å². The Morgan fingerprint density at radius 2 is 2.29 bits per heavy atom. The van der Waals surface area contributed by atoms with E-state index in [1.807, 2.05) is 18.3 Å². The molecule has 0 fully saturated rings. The Hall–Kier alpha value is -1.62. The van der Waals surface area contributed by atoms with Crippen LogP contribution >= 0.6 is 11.3 Å². The van der Waals surface area contributed by atoms with Crippen molar-refractivity contribution in [2.75, 3.05) is 12.4 Å². The third kappa shape index (κ3) is 3.17. The standard InChI is InChI=1S/C12H15N3OS/c1-3-10-7-15-12(17-10)8-14-9-4-5-13-11(6-9)16-2/h4-7H,3,8H2,1-2H3,(H,13,14). The van der Waals surface area contributed by atoms with Gasteiger partial charge in [0, 0.05) is 29.0 Å². The Balaban J connectivity index is 1.96. The minimum Gasteiger partial charge on any atom is -0.481 e. The molecule has 0 radical (unpaired) electrons. The van der Waals surface area contributed by atoms with Gasteiger partial charge in [0.1, 0.15) is 5.01 Å². The van der Waals surface area contributed by atoms with Gasteiger partial charge in [-0.15, -0.1) is 11.3 Å². The first-order chi connectivity index (χ1) is 8.31. The fourth-order valence-electron chi connectivity index (χ4n) is 1.40. The molecule has 2 aromatic heterocycles. The van der Waals surface area contributed by atoms with Crippen LogP contribution in [0.2, 0.25) is 0 Å². The number of aryl methyl sites for hydroxylation is 1. The first kappa shape index (κ1) is 11.9. The van der Waals surface area contributed by atoms with E-state index in [1.54, 1.807) is 24.6 Å². The SMILES string of the molecule is CCc1cnc(CNc2ccnc(OC)c2)s1. The molecule has 4 nitrogen and oxygen atoms in total. The molecule has 0 spiro atoms. The summed E-state index contributed by atoms with van der Waals surface area (Å²) in [5.74, 6) is 0.614. The molecule has 0 aliphatic carbocycles. The van der Waals surface area contributed by atoms with E-state index in [0.717, 1.165) is 23.7 Å². The Morgan fingerprint density at radius 3 is 3.00 bits per heavy atom. The number of nitrogens with zero attached hydrogens (tertiary/aromatic N) is 2. The van der Waals surface area contributed by atoms with Crippen LogP contribution in [0.15, 0.2) is 24.5 Å². The zero-order chi connectivity index (χ0) is 12.1. The monoisotopic (exact) mass is 249 g/mol. The summed E-state index contributed by atoms with van der Waals surface area (Å²) in [6.45, 7) is 2.87. The maximum absolute atomic E-state index is 5.06. The van der Waals surface area contributed by atoms with Crippen LogP contribution in [0.5, 0.6) is 5.88 Å².